The summed E-state index contributed by atoms with van der Waals surface area (Å²) in [6.07, 6.45) is 2.54. The number of amides is 1. The highest BCUT2D eigenvalue weighted by molar-refractivity contribution is 8.16. The monoisotopic (exact) mass is 342 g/mol. The molecule has 7 nitrogen and oxygen atoms in total. The number of carbonyl (C=O) groups is 2. The lowest BCUT2D eigenvalue weighted by atomic mass is 10.2. The van der Waals surface area contributed by atoms with E-state index < -0.39 is 11.2 Å². The molecule has 2 heterocycles. The summed E-state index contributed by atoms with van der Waals surface area (Å²) in [5.41, 5.74) is 0.600. The molecular weight excluding hydrogens is 330 g/mol. The second-order valence-corrected chi connectivity index (χ2v) is 6.00. The highest BCUT2D eigenvalue weighted by Crippen LogP contribution is 2.33. The van der Waals surface area contributed by atoms with Crippen molar-refractivity contribution < 1.29 is 19.1 Å². The van der Waals surface area contributed by atoms with E-state index in [-0.39, 0.29) is 12.3 Å². The van der Waals surface area contributed by atoms with Gasteiger partial charge in [-0.25, -0.2) is 0 Å². The van der Waals surface area contributed by atoms with Crippen LogP contribution in [0.4, 0.5) is 5.69 Å². The molecule has 1 aliphatic rings. The number of hydrogen-bond acceptors (Lipinski definition) is 7. The standard InChI is InChI=1S/C16H13N3O4S/c20-14(21)9-13-15(22)19(11-5-2-1-3-6-11)16(24-13)18-17-10-12-7-4-8-23-12/h1-8,10,13H,9H2,(H,20,21)/p-1. The first-order chi connectivity index (χ1) is 11.6. The van der Waals surface area contributed by atoms with E-state index in [1.165, 1.54) is 17.4 Å². The van der Waals surface area contributed by atoms with Gasteiger partial charge in [0.1, 0.15) is 5.76 Å². The lowest BCUT2D eigenvalue weighted by molar-refractivity contribution is -0.305. The molecule has 1 atom stereocenters. The van der Waals surface area contributed by atoms with Gasteiger partial charge in [0.15, 0.2) is 5.17 Å². The van der Waals surface area contributed by atoms with Gasteiger partial charge in [0.2, 0.25) is 5.91 Å². The Morgan fingerprint density at radius 3 is 2.75 bits per heavy atom. The highest BCUT2D eigenvalue weighted by Gasteiger charge is 2.39. The number of anilines is 1. The molecule has 1 amide bonds. The van der Waals surface area contributed by atoms with Crippen molar-refractivity contribution in [2.24, 2.45) is 10.2 Å². The van der Waals surface area contributed by atoms with Crippen LogP contribution in [-0.4, -0.2) is 28.5 Å². The minimum absolute atomic E-state index is 0.306. The van der Waals surface area contributed by atoms with E-state index in [1.54, 1.807) is 36.4 Å². The van der Waals surface area contributed by atoms with E-state index in [0.717, 1.165) is 11.8 Å². The molecule has 1 saturated heterocycles. The minimum atomic E-state index is -1.28. The van der Waals surface area contributed by atoms with Gasteiger partial charge < -0.3 is 14.3 Å². The fraction of sp³-hybridized carbons (Fsp3) is 0.125. The average Bonchev–Trinajstić information content (AvgIpc) is 3.17. The van der Waals surface area contributed by atoms with Crippen LogP contribution in [0.2, 0.25) is 0 Å². The maximum absolute atomic E-state index is 12.5. The van der Waals surface area contributed by atoms with Gasteiger partial charge in [-0.2, -0.15) is 5.10 Å². The molecule has 8 heteroatoms. The van der Waals surface area contributed by atoms with Crippen LogP contribution in [0.25, 0.3) is 0 Å². The Hall–Kier alpha value is -2.87. The summed E-state index contributed by atoms with van der Waals surface area (Å²) in [7, 11) is 0. The number of rotatable bonds is 5. The van der Waals surface area contributed by atoms with Crippen LogP contribution in [0.3, 0.4) is 0 Å². The Kier molecular flexibility index (Phi) is 4.76. The van der Waals surface area contributed by atoms with E-state index in [9.17, 15) is 14.7 Å². The number of aliphatic carboxylic acids is 1. The van der Waals surface area contributed by atoms with Gasteiger partial charge >= 0.3 is 0 Å². The number of amidine groups is 1. The zero-order chi connectivity index (χ0) is 16.9. The zero-order valence-corrected chi connectivity index (χ0v) is 13.2. The molecule has 0 radical (unpaired) electrons. The largest absolute Gasteiger partial charge is 0.550 e. The first-order valence-electron chi connectivity index (χ1n) is 7.05. The number of carbonyl (C=O) groups excluding carboxylic acids is 2. The predicted octanol–water partition coefficient (Wildman–Crippen LogP) is 1.26. The molecule has 1 unspecified atom stereocenters. The molecule has 2 aromatic rings. The number of nitrogens with zero attached hydrogens (tertiary/aromatic N) is 3. The first-order valence-corrected chi connectivity index (χ1v) is 7.93. The van der Waals surface area contributed by atoms with Crippen molar-refractivity contribution in [2.75, 3.05) is 4.90 Å². The SMILES string of the molecule is O=C([O-])CC1SC(=NN=Cc2ccco2)N(c2ccccc2)C1=O. The highest BCUT2D eigenvalue weighted by atomic mass is 32.2. The molecule has 24 heavy (non-hydrogen) atoms. The number of hydrogen-bond donors (Lipinski definition) is 0. The van der Waals surface area contributed by atoms with Gasteiger partial charge in [-0.1, -0.05) is 30.0 Å². The summed E-state index contributed by atoms with van der Waals surface area (Å²) in [5, 5.41) is 18.3. The van der Waals surface area contributed by atoms with E-state index in [4.69, 9.17) is 4.42 Å². The van der Waals surface area contributed by atoms with E-state index in [1.807, 2.05) is 6.07 Å². The van der Waals surface area contributed by atoms with E-state index in [0.29, 0.717) is 16.6 Å². The molecular formula is C16H12N3O4S-. The Labute approximate surface area is 141 Å². The molecule has 0 N–H and O–H groups in total. The summed E-state index contributed by atoms with van der Waals surface area (Å²) in [4.78, 5) is 24.7. The lowest BCUT2D eigenvalue weighted by Gasteiger charge is -2.15. The smallest absolute Gasteiger partial charge is 0.247 e. The molecule has 1 aromatic carbocycles. The number of carboxylic acids is 1. The molecule has 0 aliphatic carbocycles. The van der Waals surface area contributed by atoms with Gasteiger partial charge in [-0.15, -0.1) is 5.10 Å². The predicted molar refractivity (Wildman–Crippen MR) is 88.7 cm³/mol. The second-order valence-electron chi connectivity index (χ2n) is 4.83. The number of thioether (sulfide) groups is 1. The minimum Gasteiger partial charge on any atom is -0.550 e. The third kappa shape index (κ3) is 3.54. The Balaban J connectivity index is 1.88. The maximum atomic E-state index is 12.5. The summed E-state index contributed by atoms with van der Waals surface area (Å²) in [5.74, 6) is -1.12. The molecule has 0 saturated carbocycles. The number of para-hydroxylation sites is 1. The van der Waals surface area contributed by atoms with Gasteiger partial charge in [-0.05, 0) is 24.3 Å². The summed E-state index contributed by atoms with van der Waals surface area (Å²) >= 11 is 1.05. The van der Waals surface area contributed by atoms with Crippen LogP contribution in [0.1, 0.15) is 12.2 Å². The van der Waals surface area contributed by atoms with Crippen molar-refractivity contribution in [3.8, 4) is 0 Å². The number of furan rings is 1. The van der Waals surface area contributed by atoms with Crippen LogP contribution >= 0.6 is 11.8 Å². The van der Waals surface area contributed by atoms with Crippen LogP contribution in [0.5, 0.6) is 0 Å². The van der Waals surface area contributed by atoms with Crippen molar-refractivity contribution in [2.45, 2.75) is 11.7 Å². The van der Waals surface area contributed by atoms with Gasteiger partial charge in [0.25, 0.3) is 0 Å². The van der Waals surface area contributed by atoms with Gasteiger partial charge in [0.05, 0.1) is 23.4 Å². The van der Waals surface area contributed by atoms with Crippen LogP contribution in [0.15, 0.2) is 63.3 Å². The molecule has 1 aromatic heterocycles. The number of carboxylic acid groups (broad SMARTS) is 1. The van der Waals surface area contributed by atoms with Gasteiger partial charge in [0, 0.05) is 12.4 Å². The lowest BCUT2D eigenvalue weighted by Crippen LogP contribution is -2.35. The molecule has 0 bridgehead atoms. The molecule has 1 fully saturated rings. The summed E-state index contributed by atoms with van der Waals surface area (Å²) < 4.78 is 5.11. The molecule has 0 spiro atoms. The quantitative estimate of drug-likeness (QED) is 0.602. The van der Waals surface area contributed by atoms with Gasteiger partial charge in [-0.3, -0.25) is 9.69 Å². The topological polar surface area (TPSA) is 98.3 Å². The summed E-state index contributed by atoms with van der Waals surface area (Å²) in [6.45, 7) is 0. The van der Waals surface area contributed by atoms with Crippen LogP contribution in [0, 0.1) is 0 Å². The zero-order valence-electron chi connectivity index (χ0n) is 12.4. The fourth-order valence-electron chi connectivity index (χ4n) is 2.13. The first kappa shape index (κ1) is 16.0. The normalized spacial score (nSPS) is 19.5. The Bertz CT molecular complexity index is 787. The Morgan fingerprint density at radius 2 is 2.08 bits per heavy atom. The number of benzene rings is 1. The third-order valence-corrected chi connectivity index (χ3v) is 4.30. The van der Waals surface area contributed by atoms with Crippen LogP contribution < -0.4 is 10.0 Å². The van der Waals surface area contributed by atoms with Crippen molar-refractivity contribution in [3.05, 3.63) is 54.5 Å². The average molecular weight is 342 g/mol. The Morgan fingerprint density at radius 1 is 1.29 bits per heavy atom. The molecule has 3 rings (SSSR count). The maximum Gasteiger partial charge on any atom is 0.247 e. The van der Waals surface area contributed by atoms with Crippen LogP contribution in [-0.2, 0) is 9.59 Å². The molecule has 122 valence electrons. The van der Waals surface area contributed by atoms with Crippen molar-refractivity contribution in [3.63, 3.8) is 0 Å². The summed E-state index contributed by atoms with van der Waals surface area (Å²) in [6, 6.07) is 12.3. The van der Waals surface area contributed by atoms with E-state index >= 15 is 0 Å². The third-order valence-electron chi connectivity index (χ3n) is 3.17. The van der Waals surface area contributed by atoms with E-state index in [2.05, 4.69) is 10.2 Å². The molecule has 1 aliphatic heterocycles. The second kappa shape index (κ2) is 7.14. The van der Waals surface area contributed by atoms with Crippen molar-refractivity contribution in [1.29, 1.82) is 0 Å². The van der Waals surface area contributed by atoms with Crippen molar-refractivity contribution >= 4 is 40.7 Å². The van der Waals surface area contributed by atoms with Crippen molar-refractivity contribution in [1.82, 2.24) is 0 Å². The fourth-order valence-corrected chi connectivity index (χ4v) is 3.21.